The van der Waals surface area contributed by atoms with Gasteiger partial charge in [0.05, 0.1) is 23.0 Å². The van der Waals surface area contributed by atoms with Crippen LogP contribution in [0.15, 0.2) is 47.5 Å². The number of rotatable bonds is 11. The van der Waals surface area contributed by atoms with Crippen LogP contribution in [0.3, 0.4) is 0 Å². The SMILES string of the molecule is CC(=O)c1c(C)c2cnc(Nc3ccc(N4CCN(C5CCN(C(=O)C6CCC(Nc7nc(F)ccc7C(=O)Nc7cc(C)n(C)n7)CC6)C5)CC4)cn3)nc2n(C2CCCC2)c1=O. The summed E-state index contributed by atoms with van der Waals surface area (Å²) < 4.78 is 17.6. The standard InChI is InChI=1S/C46H56FN13O4/c1-27-23-39(55-56(27)4)52-43(62)35-14-15-37(47)51-41(35)50-31-11-9-30(10-12-31)44(63)59-18-17-34(26-59)58-21-19-57(20-22-58)33-13-16-38(48-24-33)53-46-49-25-36-28(2)40(29(3)61)45(64)60(42(36)54-46)32-7-5-6-8-32/h13-16,23-25,30-32,34H,5-12,17-22,26H2,1-4H3,(H,50,51)(H,52,55,62)(H,48,49,53,54). The number of pyridine rings is 3. The summed E-state index contributed by atoms with van der Waals surface area (Å²) in [6.07, 6.45) is 11.2. The second-order valence-corrected chi connectivity index (χ2v) is 17.8. The first kappa shape index (κ1) is 43.0. The molecule has 9 rings (SSSR count). The van der Waals surface area contributed by atoms with Gasteiger partial charge in [0.2, 0.25) is 17.8 Å². The molecular weight excluding hydrogens is 818 g/mol. The molecular formula is C46H56FN13O4. The first-order valence-electron chi connectivity index (χ1n) is 22.6. The maximum Gasteiger partial charge on any atom is 0.263 e. The maximum atomic E-state index is 14.3. The molecule has 2 aliphatic heterocycles. The quantitative estimate of drug-likeness (QED) is 0.107. The highest BCUT2D eigenvalue weighted by molar-refractivity contribution is 6.07. The number of aryl methyl sites for hydroxylation is 3. The van der Waals surface area contributed by atoms with Crippen molar-refractivity contribution < 1.29 is 18.8 Å². The number of carbonyl (C=O) groups is 3. The van der Waals surface area contributed by atoms with Crippen molar-refractivity contribution in [3.63, 3.8) is 0 Å². The van der Waals surface area contributed by atoms with E-state index >= 15 is 0 Å². The summed E-state index contributed by atoms with van der Waals surface area (Å²) in [5.41, 5.74) is 3.22. The number of Topliss-reactive ketones (excluding diaryl/α,β-unsaturated/α-hetero) is 1. The number of ketones is 1. The molecule has 1 atom stereocenters. The summed E-state index contributed by atoms with van der Waals surface area (Å²) in [7, 11) is 1.79. The molecule has 2 aliphatic carbocycles. The first-order chi connectivity index (χ1) is 30.9. The van der Waals surface area contributed by atoms with Crippen molar-refractivity contribution in [3.8, 4) is 0 Å². The number of anilines is 5. The van der Waals surface area contributed by atoms with Crippen molar-refractivity contribution in [3.05, 3.63) is 81.4 Å². The predicted molar refractivity (Wildman–Crippen MR) is 242 cm³/mol. The van der Waals surface area contributed by atoms with Crippen molar-refractivity contribution in [2.75, 3.05) is 60.1 Å². The smallest absolute Gasteiger partial charge is 0.263 e. The number of likely N-dealkylation sites (tertiary alicyclic amines) is 1. The third-order valence-electron chi connectivity index (χ3n) is 13.8. The van der Waals surface area contributed by atoms with Gasteiger partial charge in [-0.15, -0.1) is 0 Å². The average molecular weight is 874 g/mol. The molecule has 18 heteroatoms. The van der Waals surface area contributed by atoms with Crippen LogP contribution in [0.5, 0.6) is 0 Å². The Morgan fingerprint density at radius 3 is 2.28 bits per heavy atom. The number of hydrogen-bond acceptors (Lipinski definition) is 13. The maximum absolute atomic E-state index is 14.3. The number of hydrogen-bond donors (Lipinski definition) is 3. The first-order valence-corrected chi connectivity index (χ1v) is 22.6. The molecule has 2 saturated carbocycles. The van der Waals surface area contributed by atoms with Crippen molar-refractivity contribution in [1.82, 2.24) is 44.1 Å². The number of fused-ring (bicyclic) bond motifs is 1. The Hall–Kier alpha value is -6.30. The third kappa shape index (κ3) is 8.79. The van der Waals surface area contributed by atoms with Crippen LogP contribution in [0.1, 0.15) is 103 Å². The summed E-state index contributed by atoms with van der Waals surface area (Å²) in [5.74, 6) is 0.324. The van der Waals surface area contributed by atoms with E-state index in [1.807, 2.05) is 30.2 Å². The number of halogens is 1. The fourth-order valence-electron chi connectivity index (χ4n) is 10.1. The van der Waals surface area contributed by atoms with E-state index in [9.17, 15) is 23.6 Å². The van der Waals surface area contributed by atoms with Crippen molar-refractivity contribution in [2.24, 2.45) is 13.0 Å². The van der Waals surface area contributed by atoms with Gasteiger partial charge in [0, 0.05) is 93.7 Å². The molecule has 0 bridgehead atoms. The number of nitrogens with zero attached hydrogens (tertiary/aromatic N) is 10. The number of nitrogens with one attached hydrogen (secondary N) is 3. The second-order valence-electron chi connectivity index (χ2n) is 17.8. The van der Waals surface area contributed by atoms with Crippen LogP contribution in [0.4, 0.5) is 33.5 Å². The Labute approximate surface area is 370 Å². The van der Waals surface area contributed by atoms with E-state index in [-0.39, 0.29) is 52.2 Å². The highest BCUT2D eigenvalue weighted by atomic mass is 19.1. The summed E-state index contributed by atoms with van der Waals surface area (Å²) in [6, 6.07) is 8.59. The summed E-state index contributed by atoms with van der Waals surface area (Å²) in [5, 5.41) is 14.3. The van der Waals surface area contributed by atoms with E-state index < -0.39 is 11.9 Å². The normalized spacial score (nSPS) is 20.8. The van der Waals surface area contributed by atoms with Crippen LogP contribution in [-0.4, -0.2) is 113 Å². The molecule has 2 amide bonds. The van der Waals surface area contributed by atoms with Gasteiger partial charge in [-0.25, -0.2) is 15.0 Å². The van der Waals surface area contributed by atoms with Gasteiger partial charge < -0.3 is 25.8 Å². The van der Waals surface area contributed by atoms with Crippen molar-refractivity contribution in [1.29, 1.82) is 0 Å². The van der Waals surface area contributed by atoms with Crippen LogP contribution >= 0.6 is 0 Å². The Bertz CT molecular complexity index is 2610. The number of amides is 2. The lowest BCUT2D eigenvalue weighted by molar-refractivity contribution is -0.135. The van der Waals surface area contributed by atoms with E-state index in [0.29, 0.717) is 65.9 Å². The molecule has 0 aromatic carbocycles. The molecule has 3 N–H and O–H groups in total. The largest absolute Gasteiger partial charge is 0.368 e. The lowest BCUT2D eigenvalue weighted by atomic mass is 9.85. The zero-order valence-electron chi connectivity index (χ0n) is 36.9. The zero-order chi connectivity index (χ0) is 44.6. The summed E-state index contributed by atoms with van der Waals surface area (Å²) in [4.78, 5) is 77.9. The lowest BCUT2D eigenvalue weighted by Crippen LogP contribution is -2.51. The minimum atomic E-state index is -0.674. The van der Waals surface area contributed by atoms with Crippen molar-refractivity contribution >= 4 is 57.7 Å². The average Bonchev–Trinajstić information content (AvgIpc) is 4.07. The molecule has 17 nitrogen and oxygen atoms in total. The van der Waals surface area contributed by atoms with Crippen molar-refractivity contribution in [2.45, 2.75) is 96.7 Å². The number of carbonyl (C=O) groups excluding carboxylic acids is 3. The second kappa shape index (κ2) is 18.1. The summed E-state index contributed by atoms with van der Waals surface area (Å²) in [6.45, 7) is 10.0. The minimum absolute atomic E-state index is 0.000565. The van der Waals surface area contributed by atoms with E-state index in [1.54, 1.807) is 35.5 Å². The van der Waals surface area contributed by atoms with Gasteiger partial charge in [0.25, 0.3) is 11.5 Å². The molecule has 4 aliphatic rings. The van der Waals surface area contributed by atoms with E-state index in [0.717, 1.165) is 82.8 Å². The summed E-state index contributed by atoms with van der Waals surface area (Å²) >= 11 is 0. The molecule has 5 aromatic rings. The van der Waals surface area contributed by atoms with E-state index in [2.05, 4.69) is 45.8 Å². The van der Waals surface area contributed by atoms with E-state index in [4.69, 9.17) is 4.98 Å². The predicted octanol–water partition coefficient (Wildman–Crippen LogP) is 5.78. The van der Waals surface area contributed by atoms with Gasteiger partial charge in [-0.2, -0.15) is 14.5 Å². The highest BCUT2D eigenvalue weighted by Crippen LogP contribution is 2.33. The van der Waals surface area contributed by atoms with Gasteiger partial charge >= 0.3 is 0 Å². The molecule has 2 saturated heterocycles. The zero-order valence-corrected chi connectivity index (χ0v) is 36.9. The van der Waals surface area contributed by atoms with Gasteiger partial charge in [-0.05, 0) is 95.5 Å². The molecule has 336 valence electrons. The van der Waals surface area contributed by atoms with Gasteiger partial charge in [-0.1, -0.05) is 12.8 Å². The molecule has 4 fully saturated rings. The van der Waals surface area contributed by atoms with Crippen LogP contribution < -0.4 is 26.4 Å². The topological polar surface area (TPSA) is 188 Å². The Balaban J connectivity index is 0.751. The van der Waals surface area contributed by atoms with Gasteiger partial charge in [0.15, 0.2) is 11.6 Å². The number of piperazine rings is 1. The molecule has 64 heavy (non-hydrogen) atoms. The highest BCUT2D eigenvalue weighted by Gasteiger charge is 2.36. The molecule has 7 heterocycles. The molecule has 5 aromatic heterocycles. The molecule has 1 unspecified atom stereocenters. The Morgan fingerprint density at radius 2 is 1.59 bits per heavy atom. The monoisotopic (exact) mass is 873 g/mol. The number of aromatic nitrogens is 7. The van der Waals surface area contributed by atoms with Gasteiger partial charge in [-0.3, -0.25) is 33.3 Å². The van der Waals surface area contributed by atoms with Gasteiger partial charge in [0.1, 0.15) is 17.3 Å². The minimum Gasteiger partial charge on any atom is -0.368 e. The van der Waals surface area contributed by atoms with Crippen LogP contribution in [0.25, 0.3) is 11.0 Å². The Morgan fingerprint density at radius 1 is 0.828 bits per heavy atom. The Kier molecular flexibility index (Phi) is 12.1. The molecule has 0 radical (unpaired) electrons. The van der Waals surface area contributed by atoms with Crippen LogP contribution in [0.2, 0.25) is 0 Å². The van der Waals surface area contributed by atoms with E-state index in [1.165, 1.54) is 19.1 Å². The fourth-order valence-corrected chi connectivity index (χ4v) is 10.1. The fraction of sp³-hybridized carbons (Fsp3) is 0.500. The van der Waals surface area contributed by atoms with Crippen LogP contribution in [-0.2, 0) is 11.8 Å². The lowest BCUT2D eigenvalue weighted by Gasteiger charge is -2.39. The third-order valence-corrected chi connectivity index (χ3v) is 13.8. The van der Waals surface area contributed by atoms with Crippen LogP contribution in [0, 0.1) is 25.7 Å². The molecule has 0 spiro atoms.